The molecule has 7 radical (unpaired) electrons. The summed E-state index contributed by atoms with van der Waals surface area (Å²) in [6.07, 6.45) is 10.0. The van der Waals surface area contributed by atoms with Crippen LogP contribution in [0.3, 0.4) is 0 Å². The van der Waals surface area contributed by atoms with Gasteiger partial charge in [-0.1, -0.05) is 13.8 Å². The molecule has 0 nitrogen and oxygen atoms in total. The monoisotopic (exact) mass is 227 g/mol. The second-order valence-corrected chi connectivity index (χ2v) is 2.17. The maximum absolute atomic E-state index is 3.56. The Morgan fingerprint density at radius 1 is 0.900 bits per heavy atom. The zero-order chi connectivity index (χ0) is 7.11. The van der Waals surface area contributed by atoms with E-state index >= 15 is 0 Å². The second kappa shape index (κ2) is 9.66. The Kier molecular flexibility index (Phi) is 12.8. The smallest absolute Gasteiger partial charge is 0.0594 e. The molecule has 1 fully saturated rings. The maximum atomic E-state index is 3.56. The molecule has 0 aromatic carbocycles. The Hall–Kier alpha value is 0.662. The first kappa shape index (κ1) is 13.3. The molecule has 0 unspecified atom stereocenters. The van der Waals surface area contributed by atoms with Gasteiger partial charge in [-0.3, -0.25) is 0 Å². The molecule has 0 atom stereocenters. The van der Waals surface area contributed by atoms with E-state index in [1.165, 1.54) is 5.92 Å². The second-order valence-electron chi connectivity index (χ2n) is 2.17. The van der Waals surface area contributed by atoms with Gasteiger partial charge in [0.1, 0.15) is 0 Å². The fraction of sp³-hybridized carbons (Fsp3) is 0.222. The van der Waals surface area contributed by atoms with Crippen LogP contribution in [-0.4, -0.2) is 0 Å². The molecule has 0 heterocycles. The molecule has 1 saturated carbocycles. The zero-order valence-electron chi connectivity index (χ0n) is 6.41. The van der Waals surface area contributed by atoms with Gasteiger partial charge in [0.25, 0.3) is 0 Å². The van der Waals surface area contributed by atoms with Crippen LogP contribution in [-0.2, 0) is 20.4 Å². The number of hydrogen-bond acceptors (Lipinski definition) is 0. The average Bonchev–Trinajstić information content (AvgIpc) is 2.11. The van der Waals surface area contributed by atoms with E-state index in [-0.39, 0.29) is 20.4 Å². The topological polar surface area (TPSA) is 0 Å². The summed E-state index contributed by atoms with van der Waals surface area (Å²) < 4.78 is 0. The van der Waals surface area contributed by atoms with Gasteiger partial charge in [-0.25, -0.2) is 0 Å². The van der Waals surface area contributed by atoms with Crippen molar-refractivity contribution in [3.63, 3.8) is 0 Å². The van der Waals surface area contributed by atoms with Crippen LogP contribution in [0.5, 0.6) is 0 Å². The summed E-state index contributed by atoms with van der Waals surface area (Å²) in [6, 6.07) is 0. The maximum Gasteiger partial charge on any atom is 2.00 e. The Bertz CT molecular complexity index is 36.3. The minimum Gasteiger partial charge on any atom is -0.0594 e. The largest absolute Gasteiger partial charge is 2.00 e. The van der Waals surface area contributed by atoms with Crippen molar-refractivity contribution in [2.75, 3.05) is 0 Å². The summed E-state index contributed by atoms with van der Waals surface area (Å²) in [5.74, 6) is 1.17. The van der Waals surface area contributed by atoms with Crippen molar-refractivity contribution in [1.82, 2.24) is 0 Å². The van der Waals surface area contributed by atoms with Crippen LogP contribution < -0.4 is 0 Å². The summed E-state index contributed by atoms with van der Waals surface area (Å²) in [5, 5.41) is 0. The van der Waals surface area contributed by atoms with E-state index in [1.54, 1.807) is 0 Å². The quantitative estimate of drug-likeness (QED) is 0.558. The summed E-state index contributed by atoms with van der Waals surface area (Å²) in [4.78, 5) is 0. The fourth-order valence-corrected chi connectivity index (χ4v) is 0.321. The van der Waals surface area contributed by atoms with Crippen LogP contribution in [0.4, 0.5) is 0 Å². The van der Waals surface area contributed by atoms with Gasteiger partial charge in [0, 0.05) is 0 Å². The first-order valence-electron chi connectivity index (χ1n) is 3.02. The van der Waals surface area contributed by atoms with E-state index in [1.807, 2.05) is 46.0 Å². The Morgan fingerprint density at radius 3 is 1.10 bits per heavy atom. The van der Waals surface area contributed by atoms with E-state index in [9.17, 15) is 0 Å². The van der Waals surface area contributed by atoms with Gasteiger partial charge in [-0.05, 0) is 44.9 Å². The molecular weight excluding hydrogens is 215 g/mol. The van der Waals surface area contributed by atoms with Crippen LogP contribution in [0, 0.1) is 44.9 Å². The molecule has 0 aromatic heterocycles. The summed E-state index contributed by atoms with van der Waals surface area (Å²) >= 11 is 0. The van der Waals surface area contributed by atoms with Crippen molar-refractivity contribution in [1.29, 1.82) is 0 Å². The Balaban J connectivity index is 0. The Morgan fingerprint density at radius 2 is 1.00 bits per heavy atom. The zero-order valence-corrected chi connectivity index (χ0v) is 7.96. The van der Waals surface area contributed by atoms with E-state index in [4.69, 9.17) is 0 Å². The van der Waals surface area contributed by atoms with E-state index in [2.05, 4.69) is 6.92 Å². The van der Waals surface area contributed by atoms with Gasteiger partial charge in [0.05, 0.1) is 0 Å². The van der Waals surface area contributed by atoms with Crippen molar-refractivity contribution in [2.45, 2.75) is 13.8 Å². The van der Waals surface area contributed by atoms with Gasteiger partial charge in [0.15, 0.2) is 0 Å². The van der Waals surface area contributed by atoms with Crippen molar-refractivity contribution in [3.05, 3.63) is 44.9 Å². The van der Waals surface area contributed by atoms with Gasteiger partial charge < -0.3 is 0 Å². The molecule has 1 rings (SSSR count). The number of rotatable bonds is 0. The third-order valence-corrected chi connectivity index (χ3v) is 0.556. The van der Waals surface area contributed by atoms with Crippen molar-refractivity contribution < 1.29 is 20.4 Å². The molecular formula is C9H13Pd+2. The molecule has 0 aromatic rings. The van der Waals surface area contributed by atoms with Gasteiger partial charge in [0.2, 0.25) is 0 Å². The molecule has 1 aliphatic rings. The van der Waals surface area contributed by atoms with Crippen molar-refractivity contribution in [3.8, 4) is 0 Å². The van der Waals surface area contributed by atoms with Crippen LogP contribution in [0.25, 0.3) is 0 Å². The predicted molar refractivity (Wildman–Crippen MR) is 41.4 cm³/mol. The molecule has 57 valence electrons. The first-order valence-corrected chi connectivity index (χ1v) is 3.02. The first-order chi connectivity index (χ1) is 4.23. The molecule has 0 aliphatic heterocycles. The van der Waals surface area contributed by atoms with Crippen LogP contribution in [0.15, 0.2) is 0 Å². The molecule has 1 aliphatic carbocycles. The summed E-state index contributed by atoms with van der Waals surface area (Å²) in [5.41, 5.74) is 0. The third-order valence-electron chi connectivity index (χ3n) is 0.556. The number of hydrogen-bond donors (Lipinski definition) is 0. The molecule has 0 N–H and O–H groups in total. The van der Waals surface area contributed by atoms with Crippen LogP contribution in [0.1, 0.15) is 13.8 Å². The standard InChI is InChI=1S/C5H5.C4H8.Pd/c1-2-4-5-3-1;1-4(2)3;/h1-5H;1H2,2-3H3;/q;;+2. The van der Waals surface area contributed by atoms with Gasteiger partial charge in [-0.15, -0.1) is 0 Å². The molecule has 1 heteroatoms. The van der Waals surface area contributed by atoms with E-state index < -0.39 is 0 Å². The molecule has 0 amide bonds. The SMILES string of the molecule is [CH2][C](C)C.[CH]1[CH][CH][CH][CH]1.[Pd+2]. The van der Waals surface area contributed by atoms with E-state index in [0.29, 0.717) is 0 Å². The molecule has 10 heavy (non-hydrogen) atoms. The van der Waals surface area contributed by atoms with E-state index in [0.717, 1.165) is 0 Å². The fourth-order valence-electron chi connectivity index (χ4n) is 0.321. The van der Waals surface area contributed by atoms with Gasteiger partial charge >= 0.3 is 20.4 Å². The average molecular weight is 228 g/mol. The minimum atomic E-state index is 0. The molecule has 0 saturated heterocycles. The predicted octanol–water partition coefficient (Wildman–Crippen LogP) is 2.45. The molecule has 0 bridgehead atoms. The minimum absolute atomic E-state index is 0. The van der Waals surface area contributed by atoms with Crippen LogP contribution >= 0.6 is 0 Å². The van der Waals surface area contributed by atoms with Gasteiger partial charge in [-0.2, -0.15) is 0 Å². The summed E-state index contributed by atoms with van der Waals surface area (Å²) in [6.45, 7) is 7.50. The van der Waals surface area contributed by atoms with Crippen molar-refractivity contribution >= 4 is 0 Å². The Labute approximate surface area is 79.4 Å². The van der Waals surface area contributed by atoms with Crippen LogP contribution in [0.2, 0.25) is 0 Å². The summed E-state index contributed by atoms with van der Waals surface area (Å²) in [7, 11) is 0. The third kappa shape index (κ3) is 15.9. The van der Waals surface area contributed by atoms with Crippen molar-refractivity contribution in [2.24, 2.45) is 0 Å². The molecule has 0 spiro atoms. The normalized spacial score (nSPS) is 15.6.